The lowest BCUT2D eigenvalue weighted by molar-refractivity contribution is 0.120. The number of rotatable bonds is 15. The molecule has 1 aliphatic rings. The van der Waals surface area contributed by atoms with Crippen LogP contribution in [0.5, 0.6) is 17.2 Å². The molecule has 7 aromatic rings. The first-order chi connectivity index (χ1) is 29.8. The Morgan fingerprint density at radius 3 is 1.90 bits per heavy atom. The number of thiazole rings is 1. The topological polar surface area (TPSA) is 196 Å². The van der Waals surface area contributed by atoms with Gasteiger partial charge in [-0.05, 0) is 97.1 Å². The average molecular weight is 961 g/mol. The number of tetrazole rings is 1. The summed E-state index contributed by atoms with van der Waals surface area (Å²) < 4.78 is 82.1. The molecule has 1 aliphatic heterocycles. The predicted octanol–water partition coefficient (Wildman–Crippen LogP) is 6.98. The van der Waals surface area contributed by atoms with Crippen LogP contribution in [0.1, 0.15) is 16.7 Å². The molecule has 20 heteroatoms. The second-order valence-electron chi connectivity index (χ2n) is 14.3. The quantitative estimate of drug-likeness (QED) is 0.111. The van der Waals surface area contributed by atoms with Gasteiger partial charge < -0.3 is 24.2 Å². The van der Waals surface area contributed by atoms with E-state index in [1.54, 1.807) is 86.0 Å². The molecule has 0 spiro atoms. The van der Waals surface area contributed by atoms with Gasteiger partial charge in [-0.15, -0.1) is 16.4 Å². The van der Waals surface area contributed by atoms with Crippen molar-refractivity contribution in [3.8, 4) is 39.8 Å². The van der Waals surface area contributed by atoms with Crippen LogP contribution >= 0.6 is 27.3 Å². The number of sulfone groups is 1. The molecule has 1 amide bonds. The first-order valence-electron chi connectivity index (χ1n) is 18.9. The van der Waals surface area contributed by atoms with Gasteiger partial charge in [0, 0.05) is 31.7 Å². The zero-order valence-electron chi connectivity index (χ0n) is 33.4. The molecule has 0 saturated carbocycles. The summed E-state index contributed by atoms with van der Waals surface area (Å²) in [6.07, 6.45) is -1.29. The van der Waals surface area contributed by atoms with Crippen molar-refractivity contribution >= 4 is 63.4 Å². The van der Waals surface area contributed by atoms with E-state index in [0.29, 0.717) is 48.9 Å². The van der Waals surface area contributed by atoms with Crippen molar-refractivity contribution in [3.05, 3.63) is 124 Å². The number of ether oxygens (including phenoxy) is 3. The number of halogens is 1. The lowest BCUT2D eigenvalue weighted by atomic mass is 9.98. The molecule has 62 heavy (non-hydrogen) atoms. The fourth-order valence-corrected chi connectivity index (χ4v) is 12.7. The Morgan fingerprint density at radius 2 is 1.35 bits per heavy atom. The lowest BCUT2D eigenvalue weighted by Gasteiger charge is -2.37. The van der Waals surface area contributed by atoms with E-state index >= 15 is 8.42 Å². The highest BCUT2D eigenvalue weighted by molar-refractivity contribution is 9.11. The van der Waals surface area contributed by atoms with Crippen LogP contribution < -0.4 is 14.2 Å². The van der Waals surface area contributed by atoms with Crippen molar-refractivity contribution in [2.24, 2.45) is 0 Å². The summed E-state index contributed by atoms with van der Waals surface area (Å²) in [7, 11) is -4.88. The Morgan fingerprint density at radius 1 is 0.790 bits per heavy atom. The van der Waals surface area contributed by atoms with E-state index < -0.39 is 41.0 Å². The number of methoxy groups -OCH3 is 3. The third kappa shape index (κ3) is 8.35. The molecule has 0 bridgehead atoms. The van der Waals surface area contributed by atoms with Gasteiger partial charge in [0.15, 0.2) is 19.6 Å². The van der Waals surface area contributed by atoms with E-state index in [0.717, 1.165) is 15.2 Å². The number of carboxylic acid groups (broad SMARTS) is 1. The lowest BCUT2D eigenvalue weighted by Crippen LogP contribution is -2.56. The molecule has 3 heterocycles. The number of aromatic nitrogens is 5. The van der Waals surface area contributed by atoms with Crippen molar-refractivity contribution < 1.29 is 40.9 Å². The van der Waals surface area contributed by atoms with Crippen molar-refractivity contribution in [2.75, 3.05) is 34.4 Å². The second kappa shape index (κ2) is 17.4. The molecule has 0 radical (unpaired) electrons. The predicted molar refractivity (Wildman–Crippen MR) is 235 cm³/mol. The number of para-hydroxylation sites is 1. The molecule has 320 valence electrons. The number of carbonyl (C=O) groups is 1. The van der Waals surface area contributed by atoms with Crippen molar-refractivity contribution in [2.45, 2.75) is 34.7 Å². The van der Waals surface area contributed by atoms with E-state index in [1.165, 1.54) is 40.6 Å². The number of sulfonamides is 1. The molecule has 0 unspecified atom stereocenters. The summed E-state index contributed by atoms with van der Waals surface area (Å²) in [5.41, 5.74) is 3.16. The summed E-state index contributed by atoms with van der Waals surface area (Å²) in [5.74, 6) is 1.70. The zero-order chi connectivity index (χ0) is 43.8. The summed E-state index contributed by atoms with van der Waals surface area (Å²) in [6, 6.07) is 29.2. The van der Waals surface area contributed by atoms with Gasteiger partial charge in [-0.1, -0.05) is 54.6 Å². The Hall–Kier alpha value is -5.93. The van der Waals surface area contributed by atoms with Gasteiger partial charge >= 0.3 is 6.09 Å². The molecule has 1 fully saturated rings. The van der Waals surface area contributed by atoms with Crippen LogP contribution in [0.4, 0.5) is 4.79 Å². The van der Waals surface area contributed by atoms with Gasteiger partial charge in [0.25, 0.3) is 0 Å². The molecule has 0 aliphatic carbocycles. The van der Waals surface area contributed by atoms with E-state index in [1.807, 2.05) is 18.2 Å². The summed E-state index contributed by atoms with van der Waals surface area (Å²) >= 11 is 4.87. The Balaban J connectivity index is 1.42. The van der Waals surface area contributed by atoms with Crippen molar-refractivity contribution in [3.63, 3.8) is 0 Å². The van der Waals surface area contributed by atoms with E-state index in [-0.39, 0.29) is 44.1 Å². The summed E-state index contributed by atoms with van der Waals surface area (Å²) in [4.78, 5) is 16.5. The number of hydrogen-bond donors (Lipinski definition) is 1. The number of fused-ring (bicyclic) bond motifs is 1. The normalized spacial score (nSPS) is 13.3. The number of amides is 1. The van der Waals surface area contributed by atoms with E-state index in [4.69, 9.17) is 19.2 Å². The smallest absolute Gasteiger partial charge is 0.407 e. The molecule has 5 aromatic carbocycles. The minimum absolute atomic E-state index is 0.0349. The fourth-order valence-electron chi connectivity index (χ4n) is 7.22. The van der Waals surface area contributed by atoms with Gasteiger partial charge in [0.2, 0.25) is 10.0 Å². The second-order valence-corrected chi connectivity index (χ2v) is 20.6. The molecule has 1 N–H and O–H groups in total. The Labute approximate surface area is 369 Å². The highest BCUT2D eigenvalue weighted by atomic mass is 79.9. The maximum atomic E-state index is 16.1. The third-order valence-electron chi connectivity index (χ3n) is 10.5. The minimum Gasteiger partial charge on any atom is -0.497 e. The fraction of sp³-hybridized carbons (Fsp3) is 0.214. The molecule has 16 nitrogen and oxygen atoms in total. The number of likely N-dealkylation sites (tertiary alicyclic amines) is 1. The van der Waals surface area contributed by atoms with E-state index in [2.05, 4.69) is 31.5 Å². The minimum atomic E-state index is -4.91. The third-order valence-corrected chi connectivity index (χ3v) is 16.2. The van der Waals surface area contributed by atoms with Crippen LogP contribution in [0, 0.1) is 0 Å². The molecule has 1 saturated heterocycles. The maximum absolute atomic E-state index is 16.1. The number of nitrogens with zero attached hydrogens (tertiary/aromatic N) is 7. The standard InChI is InChI=1S/C42H38BrN7O9S3/c1-57-29-13-7-26(8-14-29)21-49(22-27-9-15-30(58-2)16-10-27)62(55,56)39-36(61(53,54)32-24-48(25-32)42(51)52)20-19-33(34-5-4-6-35-38(34)44-41(43)60-35)37(39)40-45-46-47-50(40)23-28-11-17-31(59-3)18-12-28/h4-20,32H,21-25H2,1-3H3,(H,51,52). The first kappa shape index (κ1) is 42.7. The van der Waals surface area contributed by atoms with Crippen molar-refractivity contribution in [1.29, 1.82) is 0 Å². The van der Waals surface area contributed by atoms with Gasteiger partial charge in [-0.2, -0.15) is 4.31 Å². The highest BCUT2D eigenvalue weighted by Gasteiger charge is 2.45. The van der Waals surface area contributed by atoms with Gasteiger partial charge in [-0.25, -0.2) is 31.3 Å². The SMILES string of the molecule is COc1ccc(CN(Cc2ccc(OC)cc2)S(=O)(=O)c2c(S(=O)(=O)C3CN(C(=O)O)C3)ccc(-c3cccc4sc(Br)nc34)c2-c2nnnn2Cc2ccc(OC)cc2)cc1. The van der Waals surface area contributed by atoms with Crippen LogP contribution in [0.2, 0.25) is 0 Å². The van der Waals surface area contributed by atoms with Crippen LogP contribution in [0.3, 0.4) is 0 Å². The zero-order valence-corrected chi connectivity index (χ0v) is 37.4. The molecule has 8 rings (SSSR count). The van der Waals surface area contributed by atoms with Gasteiger partial charge in [0.05, 0.1) is 48.5 Å². The Kier molecular flexibility index (Phi) is 12.0. The van der Waals surface area contributed by atoms with Gasteiger partial charge in [0.1, 0.15) is 27.4 Å². The average Bonchev–Trinajstić information content (AvgIpc) is 3.88. The number of benzene rings is 5. The van der Waals surface area contributed by atoms with Crippen LogP contribution in [0.15, 0.2) is 117 Å². The molecular formula is C42H38BrN7O9S3. The van der Waals surface area contributed by atoms with Crippen molar-refractivity contribution in [1.82, 2.24) is 34.4 Å². The van der Waals surface area contributed by atoms with Crippen LogP contribution in [-0.4, -0.2) is 102 Å². The van der Waals surface area contributed by atoms with E-state index in [9.17, 15) is 18.3 Å². The monoisotopic (exact) mass is 959 g/mol. The largest absolute Gasteiger partial charge is 0.497 e. The Bertz CT molecular complexity index is 2940. The molecular weight excluding hydrogens is 923 g/mol. The number of hydrogen-bond acceptors (Lipinski definition) is 13. The first-order valence-corrected chi connectivity index (χ1v) is 23.5. The van der Waals surface area contributed by atoms with Gasteiger partial charge in [-0.3, -0.25) is 0 Å². The summed E-state index contributed by atoms with van der Waals surface area (Å²) in [6.45, 7) is -1.02. The molecule has 0 atom stereocenters. The molecule has 2 aromatic heterocycles. The van der Waals surface area contributed by atoms with Crippen LogP contribution in [-0.2, 0) is 39.5 Å². The van der Waals surface area contributed by atoms with Crippen LogP contribution in [0.25, 0.3) is 32.7 Å². The highest BCUT2D eigenvalue weighted by Crippen LogP contribution is 2.45. The maximum Gasteiger partial charge on any atom is 0.407 e. The summed E-state index contributed by atoms with van der Waals surface area (Å²) in [5, 5.41) is 21.2.